The first-order valence-electron chi connectivity index (χ1n) is 8.35. The Morgan fingerprint density at radius 2 is 2.17 bits per heavy atom. The fourth-order valence-electron chi connectivity index (χ4n) is 3.43. The zero-order valence-electron chi connectivity index (χ0n) is 13.6. The number of amides is 1. The van der Waals surface area contributed by atoms with E-state index in [-0.39, 0.29) is 24.3 Å². The van der Waals surface area contributed by atoms with Crippen LogP contribution in [0.4, 0.5) is 4.79 Å². The molecule has 3 heterocycles. The quantitative estimate of drug-likeness (QED) is 0.880. The molecule has 0 saturated carbocycles. The number of carbonyl (C=O) groups is 1. The number of hydrogen-bond acceptors (Lipinski definition) is 6. The molecule has 3 aliphatic rings. The molecule has 3 aliphatic heterocycles. The maximum atomic E-state index is 12.3. The molecule has 1 spiro atoms. The normalized spacial score (nSPS) is 26.3. The SMILES string of the molecule is NC1CN(C2=NOC3(CCN(C(=O)OCc4ccccc4)C3)C2)C1. The van der Waals surface area contributed by atoms with Crippen LogP contribution in [0.5, 0.6) is 0 Å². The fourth-order valence-corrected chi connectivity index (χ4v) is 3.43. The molecule has 1 atom stereocenters. The number of nitrogens with two attached hydrogens (primary N) is 1. The second kappa shape index (κ2) is 5.98. The Morgan fingerprint density at radius 3 is 2.92 bits per heavy atom. The van der Waals surface area contributed by atoms with E-state index in [0.717, 1.165) is 37.3 Å². The van der Waals surface area contributed by atoms with Crippen molar-refractivity contribution in [3.63, 3.8) is 0 Å². The zero-order valence-corrected chi connectivity index (χ0v) is 13.6. The molecule has 1 amide bonds. The molecule has 0 bridgehead atoms. The standard InChI is InChI=1S/C17H22N4O3/c18-14-9-21(10-14)15-8-17(24-19-15)6-7-20(12-17)16(22)23-11-13-4-2-1-3-5-13/h1-5,14H,6-12,18H2. The summed E-state index contributed by atoms with van der Waals surface area (Å²) in [5.41, 5.74) is 6.41. The van der Waals surface area contributed by atoms with Crippen LogP contribution in [0.3, 0.4) is 0 Å². The van der Waals surface area contributed by atoms with Gasteiger partial charge in [0, 0.05) is 32.1 Å². The van der Waals surface area contributed by atoms with Crippen LogP contribution in [0, 0.1) is 0 Å². The first-order valence-corrected chi connectivity index (χ1v) is 8.35. The summed E-state index contributed by atoms with van der Waals surface area (Å²) in [7, 11) is 0. The van der Waals surface area contributed by atoms with Crippen molar-refractivity contribution < 1.29 is 14.4 Å². The van der Waals surface area contributed by atoms with Crippen LogP contribution in [0.1, 0.15) is 18.4 Å². The van der Waals surface area contributed by atoms with Crippen molar-refractivity contribution in [2.24, 2.45) is 10.9 Å². The van der Waals surface area contributed by atoms with Gasteiger partial charge in [-0.3, -0.25) is 0 Å². The molecule has 0 aromatic heterocycles. The van der Waals surface area contributed by atoms with Gasteiger partial charge in [0.25, 0.3) is 0 Å². The lowest BCUT2D eigenvalue weighted by Crippen LogP contribution is -2.58. The number of hydrogen-bond donors (Lipinski definition) is 1. The van der Waals surface area contributed by atoms with Crippen LogP contribution in [0.2, 0.25) is 0 Å². The van der Waals surface area contributed by atoms with E-state index in [0.29, 0.717) is 13.1 Å². The number of ether oxygens (including phenoxy) is 1. The second-order valence-electron chi connectivity index (χ2n) is 6.84. The summed E-state index contributed by atoms with van der Waals surface area (Å²) in [5.74, 6) is 0.955. The Labute approximate surface area is 141 Å². The van der Waals surface area contributed by atoms with Crippen molar-refractivity contribution >= 4 is 11.9 Å². The van der Waals surface area contributed by atoms with Crippen LogP contribution in [0.25, 0.3) is 0 Å². The van der Waals surface area contributed by atoms with E-state index in [2.05, 4.69) is 10.1 Å². The van der Waals surface area contributed by atoms with Crippen LogP contribution < -0.4 is 5.73 Å². The maximum absolute atomic E-state index is 12.3. The highest BCUT2D eigenvalue weighted by Crippen LogP contribution is 2.35. The Kier molecular flexibility index (Phi) is 3.80. The van der Waals surface area contributed by atoms with Crippen LogP contribution in [0.15, 0.2) is 35.5 Å². The fraction of sp³-hybridized carbons (Fsp3) is 0.529. The highest BCUT2D eigenvalue weighted by atomic mass is 16.7. The van der Waals surface area contributed by atoms with Crippen molar-refractivity contribution in [3.05, 3.63) is 35.9 Å². The van der Waals surface area contributed by atoms with E-state index >= 15 is 0 Å². The molecular formula is C17H22N4O3. The average molecular weight is 330 g/mol. The van der Waals surface area contributed by atoms with Crippen molar-refractivity contribution in [3.8, 4) is 0 Å². The van der Waals surface area contributed by atoms with E-state index < -0.39 is 0 Å². The average Bonchev–Trinajstić information content (AvgIpc) is 3.18. The first-order chi connectivity index (χ1) is 11.6. The van der Waals surface area contributed by atoms with Crippen LogP contribution in [-0.4, -0.2) is 59.6 Å². The topological polar surface area (TPSA) is 80.4 Å². The molecule has 2 N–H and O–H groups in total. The summed E-state index contributed by atoms with van der Waals surface area (Å²) in [6, 6.07) is 9.92. The number of nitrogens with zero attached hydrogens (tertiary/aromatic N) is 3. The predicted molar refractivity (Wildman–Crippen MR) is 88.2 cm³/mol. The van der Waals surface area contributed by atoms with Crippen molar-refractivity contribution in [2.45, 2.75) is 31.1 Å². The number of amidine groups is 1. The van der Waals surface area contributed by atoms with Gasteiger partial charge in [0.15, 0.2) is 5.60 Å². The second-order valence-corrected chi connectivity index (χ2v) is 6.84. The molecule has 2 saturated heterocycles. The molecule has 7 heteroatoms. The molecule has 128 valence electrons. The van der Waals surface area contributed by atoms with Crippen molar-refractivity contribution in [1.29, 1.82) is 0 Å². The summed E-state index contributed by atoms with van der Waals surface area (Å²) in [6.07, 6.45) is 1.22. The van der Waals surface area contributed by atoms with E-state index in [1.165, 1.54) is 0 Å². The lowest BCUT2D eigenvalue weighted by molar-refractivity contribution is -0.0105. The van der Waals surface area contributed by atoms with Gasteiger partial charge < -0.3 is 25.1 Å². The Bertz CT molecular complexity index is 644. The number of oxime groups is 1. The molecule has 0 radical (unpaired) electrons. The van der Waals surface area contributed by atoms with E-state index in [1.54, 1.807) is 4.90 Å². The van der Waals surface area contributed by atoms with Gasteiger partial charge in [0.2, 0.25) is 0 Å². The molecule has 1 aromatic rings. The molecule has 4 rings (SSSR count). The molecule has 2 fully saturated rings. The molecule has 1 unspecified atom stereocenters. The molecule has 7 nitrogen and oxygen atoms in total. The Balaban J connectivity index is 1.28. The number of rotatable bonds is 2. The third kappa shape index (κ3) is 2.91. The summed E-state index contributed by atoms with van der Waals surface area (Å²) in [6.45, 7) is 3.11. The molecular weight excluding hydrogens is 308 g/mol. The van der Waals surface area contributed by atoms with Crippen LogP contribution in [-0.2, 0) is 16.2 Å². The van der Waals surface area contributed by atoms with Gasteiger partial charge in [-0.2, -0.15) is 0 Å². The summed E-state index contributed by atoms with van der Waals surface area (Å²) >= 11 is 0. The monoisotopic (exact) mass is 330 g/mol. The van der Waals surface area contributed by atoms with Crippen LogP contribution >= 0.6 is 0 Å². The van der Waals surface area contributed by atoms with Gasteiger partial charge in [-0.1, -0.05) is 35.5 Å². The Hall–Kier alpha value is -2.28. The summed E-state index contributed by atoms with van der Waals surface area (Å²) in [5, 5.41) is 4.22. The van der Waals surface area contributed by atoms with Gasteiger partial charge in [-0.05, 0) is 5.56 Å². The zero-order chi connectivity index (χ0) is 16.6. The largest absolute Gasteiger partial charge is 0.445 e. The van der Waals surface area contributed by atoms with Gasteiger partial charge in [0.1, 0.15) is 12.4 Å². The van der Waals surface area contributed by atoms with Crippen molar-refractivity contribution in [2.75, 3.05) is 26.2 Å². The van der Waals surface area contributed by atoms with E-state index in [1.807, 2.05) is 30.3 Å². The number of carbonyl (C=O) groups excluding carboxylic acids is 1. The maximum Gasteiger partial charge on any atom is 0.410 e. The van der Waals surface area contributed by atoms with Gasteiger partial charge in [-0.15, -0.1) is 0 Å². The minimum Gasteiger partial charge on any atom is -0.445 e. The first kappa shape index (κ1) is 15.3. The molecule has 1 aromatic carbocycles. The van der Waals surface area contributed by atoms with Gasteiger partial charge in [-0.25, -0.2) is 4.79 Å². The smallest absolute Gasteiger partial charge is 0.410 e. The number of likely N-dealkylation sites (tertiary alicyclic amines) is 2. The molecule has 0 aliphatic carbocycles. The van der Waals surface area contributed by atoms with E-state index in [4.69, 9.17) is 15.3 Å². The highest BCUT2D eigenvalue weighted by Gasteiger charge is 2.49. The summed E-state index contributed by atoms with van der Waals surface area (Å²) < 4.78 is 5.40. The lowest BCUT2D eigenvalue weighted by Gasteiger charge is -2.38. The van der Waals surface area contributed by atoms with E-state index in [9.17, 15) is 4.79 Å². The predicted octanol–water partition coefficient (Wildman–Crippen LogP) is 1.14. The lowest BCUT2D eigenvalue weighted by atomic mass is 9.97. The highest BCUT2D eigenvalue weighted by molar-refractivity contribution is 5.85. The minimum absolute atomic E-state index is 0.234. The third-order valence-corrected chi connectivity index (χ3v) is 4.88. The minimum atomic E-state index is -0.388. The molecule has 24 heavy (non-hydrogen) atoms. The number of benzene rings is 1. The summed E-state index contributed by atoms with van der Waals surface area (Å²) in [4.78, 5) is 21.8. The van der Waals surface area contributed by atoms with Gasteiger partial charge >= 0.3 is 6.09 Å². The van der Waals surface area contributed by atoms with Crippen molar-refractivity contribution in [1.82, 2.24) is 9.80 Å². The third-order valence-electron chi connectivity index (χ3n) is 4.88. The van der Waals surface area contributed by atoms with Gasteiger partial charge in [0.05, 0.1) is 13.0 Å². The Morgan fingerprint density at radius 1 is 1.38 bits per heavy atom.